The first-order chi connectivity index (χ1) is 8.08. The van der Waals surface area contributed by atoms with Gasteiger partial charge in [-0.25, -0.2) is 0 Å². The molecule has 0 radical (unpaired) electrons. The van der Waals surface area contributed by atoms with Gasteiger partial charge in [0.1, 0.15) is 0 Å². The van der Waals surface area contributed by atoms with Crippen LogP contribution in [0.4, 0.5) is 0 Å². The average molecular weight is 231 g/mol. The minimum absolute atomic E-state index is 0.758. The predicted octanol–water partition coefficient (Wildman–Crippen LogP) is 3.65. The first-order valence-electron chi connectivity index (χ1n) is 6.85. The van der Waals surface area contributed by atoms with Crippen LogP contribution < -0.4 is 5.32 Å². The van der Waals surface area contributed by atoms with Crippen LogP contribution in [-0.2, 0) is 0 Å². The van der Waals surface area contributed by atoms with E-state index >= 15 is 0 Å². The molecule has 1 aliphatic carbocycles. The molecule has 1 N–H and O–H groups in total. The molecule has 1 heteroatoms. The van der Waals surface area contributed by atoms with Crippen LogP contribution in [0.15, 0.2) is 18.2 Å². The Morgan fingerprint density at radius 3 is 2.71 bits per heavy atom. The van der Waals surface area contributed by atoms with Gasteiger partial charge in [0.15, 0.2) is 0 Å². The van der Waals surface area contributed by atoms with E-state index in [4.69, 9.17) is 0 Å². The van der Waals surface area contributed by atoms with Crippen LogP contribution >= 0.6 is 0 Å². The molecule has 1 fully saturated rings. The summed E-state index contributed by atoms with van der Waals surface area (Å²) in [5.74, 6) is 2.44. The Hall–Kier alpha value is -0.820. The molecule has 1 aromatic rings. The van der Waals surface area contributed by atoms with Crippen LogP contribution in [0.5, 0.6) is 0 Å². The zero-order valence-corrected chi connectivity index (χ0v) is 11.6. The highest BCUT2D eigenvalue weighted by Crippen LogP contribution is 2.48. The zero-order chi connectivity index (χ0) is 12.4. The van der Waals surface area contributed by atoms with Crippen molar-refractivity contribution in [3.05, 3.63) is 34.9 Å². The lowest BCUT2D eigenvalue weighted by atomic mass is 10.0. The molecule has 1 aromatic carbocycles. The normalized spacial score (nSPS) is 23.1. The molecule has 0 bridgehead atoms. The van der Waals surface area contributed by atoms with Crippen molar-refractivity contribution in [3.63, 3.8) is 0 Å². The summed E-state index contributed by atoms with van der Waals surface area (Å²) in [6.45, 7) is 11.3. The van der Waals surface area contributed by atoms with E-state index in [0.717, 1.165) is 24.3 Å². The Labute approximate surface area is 106 Å². The van der Waals surface area contributed by atoms with Crippen molar-refractivity contribution in [2.24, 2.45) is 11.8 Å². The van der Waals surface area contributed by atoms with Gasteiger partial charge in [-0.1, -0.05) is 37.6 Å². The minimum atomic E-state index is 0.758. The van der Waals surface area contributed by atoms with E-state index in [1.54, 1.807) is 5.56 Å². The third kappa shape index (κ3) is 3.32. The highest BCUT2D eigenvalue weighted by atomic mass is 14.9. The van der Waals surface area contributed by atoms with Gasteiger partial charge in [-0.05, 0) is 62.2 Å². The Balaban J connectivity index is 1.85. The SMILES string of the molecule is Cc1ccc(C2CC2CNCC(C)C)c(C)c1. The van der Waals surface area contributed by atoms with Crippen LogP contribution in [0.2, 0.25) is 0 Å². The van der Waals surface area contributed by atoms with E-state index in [1.165, 1.54) is 24.1 Å². The van der Waals surface area contributed by atoms with Crippen molar-refractivity contribution in [1.82, 2.24) is 5.32 Å². The average Bonchev–Trinajstić information content (AvgIpc) is 2.96. The molecule has 0 saturated heterocycles. The quantitative estimate of drug-likeness (QED) is 0.815. The number of nitrogens with one attached hydrogen (secondary N) is 1. The molecule has 0 aromatic heterocycles. The molecule has 1 nitrogen and oxygen atoms in total. The summed E-state index contributed by atoms with van der Waals surface area (Å²) in [6, 6.07) is 6.89. The van der Waals surface area contributed by atoms with Gasteiger partial charge in [0.2, 0.25) is 0 Å². The maximum absolute atomic E-state index is 3.58. The zero-order valence-electron chi connectivity index (χ0n) is 11.6. The van der Waals surface area contributed by atoms with Gasteiger partial charge in [0.25, 0.3) is 0 Å². The summed E-state index contributed by atoms with van der Waals surface area (Å²) in [5.41, 5.74) is 4.43. The molecule has 2 atom stereocenters. The molecule has 1 saturated carbocycles. The Morgan fingerprint density at radius 1 is 1.29 bits per heavy atom. The Morgan fingerprint density at radius 2 is 2.06 bits per heavy atom. The predicted molar refractivity (Wildman–Crippen MR) is 74.5 cm³/mol. The van der Waals surface area contributed by atoms with Gasteiger partial charge in [0.05, 0.1) is 0 Å². The van der Waals surface area contributed by atoms with Crippen LogP contribution in [0, 0.1) is 25.7 Å². The van der Waals surface area contributed by atoms with Crippen LogP contribution in [-0.4, -0.2) is 13.1 Å². The Bertz CT molecular complexity index is 381. The van der Waals surface area contributed by atoms with Crippen molar-refractivity contribution < 1.29 is 0 Å². The summed E-state index contributed by atoms with van der Waals surface area (Å²) < 4.78 is 0. The maximum atomic E-state index is 3.58. The van der Waals surface area contributed by atoms with Crippen LogP contribution in [0.25, 0.3) is 0 Å². The summed E-state index contributed by atoms with van der Waals surface area (Å²) in [5, 5.41) is 3.58. The molecule has 2 rings (SSSR count). The van der Waals surface area contributed by atoms with Crippen molar-refractivity contribution in [2.75, 3.05) is 13.1 Å². The van der Waals surface area contributed by atoms with Crippen molar-refractivity contribution in [3.8, 4) is 0 Å². The lowest BCUT2D eigenvalue weighted by Gasteiger charge is -2.08. The van der Waals surface area contributed by atoms with Gasteiger partial charge in [-0.15, -0.1) is 0 Å². The molecule has 2 unspecified atom stereocenters. The molecule has 17 heavy (non-hydrogen) atoms. The maximum Gasteiger partial charge on any atom is -0.00143 e. The fourth-order valence-corrected chi connectivity index (χ4v) is 2.65. The summed E-state index contributed by atoms with van der Waals surface area (Å²) in [6.07, 6.45) is 1.37. The third-order valence-electron chi connectivity index (χ3n) is 3.71. The second-order valence-electron chi connectivity index (χ2n) is 6.01. The molecule has 0 heterocycles. The fourth-order valence-electron chi connectivity index (χ4n) is 2.65. The standard InChI is InChI=1S/C16H25N/c1-11(2)9-17-10-14-8-16(14)15-6-5-12(3)7-13(15)4/h5-7,11,14,16-17H,8-10H2,1-4H3. The number of hydrogen-bond donors (Lipinski definition) is 1. The van der Waals surface area contributed by atoms with Crippen molar-refractivity contribution in [1.29, 1.82) is 0 Å². The van der Waals surface area contributed by atoms with E-state index in [0.29, 0.717) is 0 Å². The van der Waals surface area contributed by atoms with E-state index < -0.39 is 0 Å². The monoisotopic (exact) mass is 231 g/mol. The van der Waals surface area contributed by atoms with Crippen LogP contribution in [0.1, 0.15) is 42.9 Å². The van der Waals surface area contributed by atoms with Gasteiger partial charge in [-0.2, -0.15) is 0 Å². The lowest BCUT2D eigenvalue weighted by molar-refractivity contribution is 0.532. The van der Waals surface area contributed by atoms with E-state index in [9.17, 15) is 0 Å². The first-order valence-corrected chi connectivity index (χ1v) is 6.85. The summed E-state index contributed by atoms with van der Waals surface area (Å²) >= 11 is 0. The highest BCUT2D eigenvalue weighted by Gasteiger charge is 2.38. The highest BCUT2D eigenvalue weighted by molar-refractivity contribution is 5.36. The molecular weight excluding hydrogens is 206 g/mol. The van der Waals surface area contributed by atoms with Gasteiger partial charge < -0.3 is 5.32 Å². The van der Waals surface area contributed by atoms with Crippen molar-refractivity contribution >= 4 is 0 Å². The molecule has 0 spiro atoms. The lowest BCUT2D eigenvalue weighted by Crippen LogP contribution is -2.22. The van der Waals surface area contributed by atoms with E-state index in [2.05, 4.69) is 51.2 Å². The summed E-state index contributed by atoms with van der Waals surface area (Å²) in [7, 11) is 0. The minimum Gasteiger partial charge on any atom is -0.316 e. The molecule has 0 amide bonds. The van der Waals surface area contributed by atoms with Crippen molar-refractivity contribution in [2.45, 2.75) is 40.0 Å². The number of hydrogen-bond acceptors (Lipinski definition) is 1. The van der Waals surface area contributed by atoms with Crippen LogP contribution in [0.3, 0.4) is 0 Å². The molecule has 0 aliphatic heterocycles. The second-order valence-corrected chi connectivity index (χ2v) is 6.01. The number of aryl methyl sites for hydroxylation is 2. The third-order valence-corrected chi connectivity index (χ3v) is 3.71. The fraction of sp³-hybridized carbons (Fsp3) is 0.625. The first kappa shape index (κ1) is 12.6. The van der Waals surface area contributed by atoms with E-state index in [-0.39, 0.29) is 0 Å². The largest absolute Gasteiger partial charge is 0.316 e. The molecular formula is C16H25N. The second kappa shape index (κ2) is 5.22. The Kier molecular flexibility index (Phi) is 3.88. The van der Waals surface area contributed by atoms with Gasteiger partial charge in [0, 0.05) is 0 Å². The number of rotatable bonds is 5. The van der Waals surface area contributed by atoms with Gasteiger partial charge in [-0.3, -0.25) is 0 Å². The topological polar surface area (TPSA) is 12.0 Å². The van der Waals surface area contributed by atoms with Gasteiger partial charge >= 0.3 is 0 Å². The smallest absolute Gasteiger partial charge is 0.00143 e. The molecule has 94 valence electrons. The molecule has 1 aliphatic rings. The van der Waals surface area contributed by atoms with E-state index in [1.807, 2.05) is 0 Å². The summed E-state index contributed by atoms with van der Waals surface area (Å²) in [4.78, 5) is 0. The number of benzene rings is 1.